The fourth-order valence-corrected chi connectivity index (χ4v) is 2.43. The topological polar surface area (TPSA) is 24.5 Å². The lowest BCUT2D eigenvalue weighted by molar-refractivity contribution is 0.0986. The second kappa shape index (κ2) is 3.73. The summed E-state index contributed by atoms with van der Waals surface area (Å²) >= 11 is 0. The summed E-state index contributed by atoms with van der Waals surface area (Å²) in [6.45, 7) is 4.36. The summed E-state index contributed by atoms with van der Waals surface area (Å²) in [5.74, 6) is 0. The number of nitrogens with zero attached hydrogens (tertiary/aromatic N) is 1. The summed E-state index contributed by atoms with van der Waals surface area (Å²) in [6, 6.07) is 1.58. The maximum Gasteiger partial charge on any atom is 0.0589 e. The molecule has 2 aliphatic rings. The van der Waals surface area contributed by atoms with Crippen LogP contribution >= 0.6 is 0 Å². The standard InChI is InChI=1S/C9H18N2O/c1-12-5-4-11-8-2-3-9(11)7-10-6-8/h8-10H,2-7H2,1H3. The third-order valence-corrected chi connectivity index (χ3v) is 3.08. The maximum atomic E-state index is 5.11. The Labute approximate surface area is 74.1 Å². The van der Waals surface area contributed by atoms with Gasteiger partial charge in [0.25, 0.3) is 0 Å². The second-order valence-corrected chi connectivity index (χ2v) is 3.77. The molecule has 0 amide bonds. The van der Waals surface area contributed by atoms with Crippen LogP contribution < -0.4 is 5.32 Å². The Morgan fingerprint density at radius 2 is 2.00 bits per heavy atom. The highest BCUT2D eigenvalue weighted by Gasteiger charge is 2.35. The van der Waals surface area contributed by atoms with Gasteiger partial charge in [-0.1, -0.05) is 0 Å². The van der Waals surface area contributed by atoms with E-state index in [9.17, 15) is 0 Å². The number of hydrogen-bond acceptors (Lipinski definition) is 3. The van der Waals surface area contributed by atoms with Gasteiger partial charge < -0.3 is 10.1 Å². The van der Waals surface area contributed by atoms with Crippen LogP contribution in [0.3, 0.4) is 0 Å². The molecule has 2 aliphatic heterocycles. The maximum absolute atomic E-state index is 5.11. The third-order valence-electron chi connectivity index (χ3n) is 3.08. The Kier molecular flexibility index (Phi) is 2.63. The molecule has 3 heteroatoms. The van der Waals surface area contributed by atoms with Gasteiger partial charge in [0.05, 0.1) is 6.61 Å². The Bertz CT molecular complexity index is 135. The number of ether oxygens (including phenoxy) is 1. The average Bonchev–Trinajstić information content (AvgIpc) is 2.36. The van der Waals surface area contributed by atoms with Crippen molar-refractivity contribution >= 4 is 0 Å². The minimum atomic E-state index is 0.791. The van der Waals surface area contributed by atoms with Crippen molar-refractivity contribution in [1.29, 1.82) is 0 Å². The Hall–Kier alpha value is -0.120. The van der Waals surface area contributed by atoms with E-state index in [2.05, 4.69) is 10.2 Å². The summed E-state index contributed by atoms with van der Waals surface area (Å²) in [6.07, 6.45) is 2.75. The van der Waals surface area contributed by atoms with Crippen LogP contribution in [0.2, 0.25) is 0 Å². The van der Waals surface area contributed by atoms with E-state index in [1.54, 1.807) is 7.11 Å². The first kappa shape index (κ1) is 8.48. The highest BCUT2D eigenvalue weighted by Crippen LogP contribution is 2.25. The molecule has 0 aromatic carbocycles. The summed E-state index contributed by atoms with van der Waals surface area (Å²) < 4.78 is 5.11. The SMILES string of the molecule is COCCN1C2CCC1CNC2. The number of fused-ring (bicyclic) bond motifs is 2. The van der Waals surface area contributed by atoms with Crippen molar-refractivity contribution in [1.82, 2.24) is 10.2 Å². The van der Waals surface area contributed by atoms with Crippen LogP contribution in [0.1, 0.15) is 12.8 Å². The van der Waals surface area contributed by atoms with E-state index in [1.807, 2.05) is 0 Å². The lowest BCUT2D eigenvalue weighted by Gasteiger charge is -2.34. The first-order valence-electron chi connectivity index (χ1n) is 4.87. The molecule has 0 spiro atoms. The van der Waals surface area contributed by atoms with E-state index >= 15 is 0 Å². The van der Waals surface area contributed by atoms with Gasteiger partial charge in [-0.3, -0.25) is 4.90 Å². The number of rotatable bonds is 3. The molecule has 70 valence electrons. The van der Waals surface area contributed by atoms with E-state index in [0.29, 0.717) is 0 Å². The van der Waals surface area contributed by atoms with E-state index in [4.69, 9.17) is 4.74 Å². The third kappa shape index (κ3) is 1.49. The molecule has 2 saturated heterocycles. The van der Waals surface area contributed by atoms with Crippen molar-refractivity contribution in [2.24, 2.45) is 0 Å². The molecule has 2 unspecified atom stereocenters. The van der Waals surface area contributed by atoms with Crippen LogP contribution in [0.4, 0.5) is 0 Å². The van der Waals surface area contributed by atoms with Crippen molar-refractivity contribution in [2.45, 2.75) is 24.9 Å². The first-order chi connectivity index (χ1) is 5.92. The quantitative estimate of drug-likeness (QED) is 0.648. The van der Waals surface area contributed by atoms with Gasteiger partial charge in [0.1, 0.15) is 0 Å². The van der Waals surface area contributed by atoms with Crippen molar-refractivity contribution in [3.05, 3.63) is 0 Å². The minimum absolute atomic E-state index is 0.791. The Morgan fingerprint density at radius 1 is 1.33 bits per heavy atom. The molecule has 0 aromatic heterocycles. The van der Waals surface area contributed by atoms with Gasteiger partial charge in [0.15, 0.2) is 0 Å². The van der Waals surface area contributed by atoms with Gasteiger partial charge in [-0.2, -0.15) is 0 Å². The molecule has 0 saturated carbocycles. The minimum Gasteiger partial charge on any atom is -0.383 e. The smallest absolute Gasteiger partial charge is 0.0589 e. The lowest BCUT2D eigenvalue weighted by atomic mass is 10.2. The van der Waals surface area contributed by atoms with Gasteiger partial charge in [0, 0.05) is 38.8 Å². The Balaban J connectivity index is 1.87. The van der Waals surface area contributed by atoms with Crippen LogP contribution in [0.15, 0.2) is 0 Å². The van der Waals surface area contributed by atoms with Crippen LogP contribution in [-0.4, -0.2) is 50.3 Å². The van der Waals surface area contributed by atoms with Crippen molar-refractivity contribution in [3.63, 3.8) is 0 Å². The normalized spacial score (nSPS) is 35.8. The van der Waals surface area contributed by atoms with Crippen LogP contribution in [0.5, 0.6) is 0 Å². The van der Waals surface area contributed by atoms with Crippen molar-refractivity contribution in [2.75, 3.05) is 33.4 Å². The van der Waals surface area contributed by atoms with Crippen LogP contribution in [0, 0.1) is 0 Å². The number of methoxy groups -OCH3 is 1. The Morgan fingerprint density at radius 3 is 2.58 bits per heavy atom. The van der Waals surface area contributed by atoms with E-state index < -0.39 is 0 Å². The molecule has 0 aromatic rings. The molecule has 3 nitrogen and oxygen atoms in total. The molecular weight excluding hydrogens is 152 g/mol. The molecule has 2 atom stereocenters. The van der Waals surface area contributed by atoms with Crippen molar-refractivity contribution in [3.8, 4) is 0 Å². The number of hydrogen-bond donors (Lipinski definition) is 1. The van der Waals surface area contributed by atoms with Gasteiger partial charge >= 0.3 is 0 Å². The lowest BCUT2D eigenvalue weighted by Crippen LogP contribution is -2.52. The molecule has 12 heavy (non-hydrogen) atoms. The highest BCUT2D eigenvalue weighted by atomic mass is 16.5. The summed E-state index contributed by atoms with van der Waals surface area (Å²) in [4.78, 5) is 2.61. The van der Waals surface area contributed by atoms with Crippen LogP contribution in [-0.2, 0) is 4.74 Å². The molecular formula is C9H18N2O. The molecule has 0 radical (unpaired) electrons. The second-order valence-electron chi connectivity index (χ2n) is 3.77. The molecule has 2 fully saturated rings. The van der Waals surface area contributed by atoms with Gasteiger partial charge in [-0.15, -0.1) is 0 Å². The fraction of sp³-hybridized carbons (Fsp3) is 1.00. The van der Waals surface area contributed by atoms with Gasteiger partial charge in [-0.25, -0.2) is 0 Å². The predicted octanol–water partition coefficient (Wildman–Crippen LogP) is 0.0690. The molecule has 2 bridgehead atoms. The zero-order chi connectivity index (χ0) is 8.39. The monoisotopic (exact) mass is 170 g/mol. The van der Waals surface area contributed by atoms with Gasteiger partial charge in [0.2, 0.25) is 0 Å². The predicted molar refractivity (Wildman–Crippen MR) is 48.3 cm³/mol. The van der Waals surface area contributed by atoms with E-state index in [-0.39, 0.29) is 0 Å². The zero-order valence-corrected chi connectivity index (χ0v) is 7.75. The summed E-state index contributed by atoms with van der Waals surface area (Å²) in [5, 5.41) is 3.47. The molecule has 2 rings (SSSR count). The number of piperazine rings is 1. The van der Waals surface area contributed by atoms with E-state index in [0.717, 1.165) is 25.2 Å². The van der Waals surface area contributed by atoms with Crippen LogP contribution in [0.25, 0.3) is 0 Å². The summed E-state index contributed by atoms with van der Waals surface area (Å²) in [7, 11) is 1.78. The average molecular weight is 170 g/mol. The molecule has 1 N–H and O–H groups in total. The number of nitrogens with one attached hydrogen (secondary N) is 1. The molecule has 2 heterocycles. The summed E-state index contributed by atoms with van der Waals surface area (Å²) in [5.41, 5.74) is 0. The zero-order valence-electron chi connectivity index (χ0n) is 7.75. The highest BCUT2D eigenvalue weighted by molar-refractivity contribution is 4.93. The van der Waals surface area contributed by atoms with E-state index in [1.165, 1.54) is 25.9 Å². The fourth-order valence-electron chi connectivity index (χ4n) is 2.43. The van der Waals surface area contributed by atoms with Crippen molar-refractivity contribution < 1.29 is 4.74 Å². The molecule has 0 aliphatic carbocycles. The first-order valence-corrected chi connectivity index (χ1v) is 4.87. The largest absolute Gasteiger partial charge is 0.383 e. The van der Waals surface area contributed by atoms with Gasteiger partial charge in [-0.05, 0) is 12.8 Å².